The van der Waals surface area contributed by atoms with E-state index in [1.807, 2.05) is 18.2 Å². The SMILES string of the molecule is CS/C(=N\C(N)=N/[N+](=O)[O-])N(C)Cc1cccc(Cl)c1. The van der Waals surface area contributed by atoms with E-state index in [2.05, 4.69) is 10.1 Å². The molecule has 0 aromatic heterocycles. The average molecular weight is 316 g/mol. The van der Waals surface area contributed by atoms with Gasteiger partial charge in [-0.15, -0.1) is 0 Å². The molecule has 0 aliphatic carbocycles. The van der Waals surface area contributed by atoms with E-state index in [-0.39, 0.29) is 0 Å². The van der Waals surface area contributed by atoms with Gasteiger partial charge >= 0.3 is 0 Å². The molecular formula is C11H14ClN5O2S. The van der Waals surface area contributed by atoms with Crippen LogP contribution in [0.3, 0.4) is 0 Å². The highest BCUT2D eigenvalue weighted by molar-refractivity contribution is 8.13. The summed E-state index contributed by atoms with van der Waals surface area (Å²) < 4.78 is 0. The summed E-state index contributed by atoms with van der Waals surface area (Å²) in [6, 6.07) is 7.40. The summed E-state index contributed by atoms with van der Waals surface area (Å²) in [4.78, 5) is 15.9. The van der Waals surface area contributed by atoms with Crippen molar-refractivity contribution < 1.29 is 5.03 Å². The number of nitro groups is 1. The molecule has 1 aromatic carbocycles. The number of rotatable bonds is 3. The molecule has 0 fully saturated rings. The van der Waals surface area contributed by atoms with Crippen LogP contribution in [-0.4, -0.2) is 34.4 Å². The van der Waals surface area contributed by atoms with Crippen molar-refractivity contribution in [2.75, 3.05) is 13.3 Å². The van der Waals surface area contributed by atoms with E-state index in [9.17, 15) is 10.1 Å². The standard InChI is InChI=1S/C11H14ClN5O2S/c1-16(7-8-4-3-5-9(12)6-8)11(20-2)14-10(13)15-17(18)19/h3-6H,7H2,1-2H3,(H2,13,15)/b14-11-. The van der Waals surface area contributed by atoms with Crippen molar-refractivity contribution in [3.63, 3.8) is 0 Å². The molecule has 0 atom stereocenters. The maximum Gasteiger partial charge on any atom is 0.294 e. The van der Waals surface area contributed by atoms with Crippen molar-refractivity contribution in [2.24, 2.45) is 15.8 Å². The van der Waals surface area contributed by atoms with Gasteiger partial charge < -0.3 is 10.6 Å². The summed E-state index contributed by atoms with van der Waals surface area (Å²) in [7, 11) is 1.80. The van der Waals surface area contributed by atoms with Crippen molar-refractivity contribution in [1.29, 1.82) is 0 Å². The van der Waals surface area contributed by atoms with Gasteiger partial charge in [-0.3, -0.25) is 0 Å². The first-order valence-corrected chi connectivity index (χ1v) is 7.09. The van der Waals surface area contributed by atoms with Crippen LogP contribution in [0, 0.1) is 10.1 Å². The van der Waals surface area contributed by atoms with Crippen LogP contribution in [0.25, 0.3) is 0 Å². The average Bonchev–Trinajstić information content (AvgIpc) is 2.34. The number of guanidine groups is 1. The Labute approximate surface area is 125 Å². The lowest BCUT2D eigenvalue weighted by molar-refractivity contribution is -0.485. The van der Waals surface area contributed by atoms with Gasteiger partial charge in [0.15, 0.2) is 10.2 Å². The zero-order valence-electron chi connectivity index (χ0n) is 11.0. The Balaban J connectivity index is 2.84. The van der Waals surface area contributed by atoms with Gasteiger partial charge in [0.1, 0.15) is 5.10 Å². The smallest absolute Gasteiger partial charge is 0.294 e. The Kier molecular flexibility index (Phi) is 6.26. The van der Waals surface area contributed by atoms with Crippen LogP contribution >= 0.6 is 23.4 Å². The molecular weight excluding hydrogens is 302 g/mol. The van der Waals surface area contributed by atoms with Gasteiger partial charge in [-0.05, 0) is 24.0 Å². The molecule has 20 heavy (non-hydrogen) atoms. The van der Waals surface area contributed by atoms with Crippen LogP contribution in [0.5, 0.6) is 0 Å². The van der Waals surface area contributed by atoms with Crippen molar-refractivity contribution in [2.45, 2.75) is 6.54 Å². The summed E-state index contributed by atoms with van der Waals surface area (Å²) >= 11 is 7.23. The molecule has 0 aliphatic rings. The second kappa shape index (κ2) is 7.71. The minimum Gasteiger partial charge on any atom is -0.363 e. The van der Waals surface area contributed by atoms with E-state index in [0.29, 0.717) is 16.7 Å². The van der Waals surface area contributed by atoms with Crippen LogP contribution in [-0.2, 0) is 6.54 Å². The van der Waals surface area contributed by atoms with Gasteiger partial charge in [-0.1, -0.05) is 35.5 Å². The summed E-state index contributed by atoms with van der Waals surface area (Å²) in [6.45, 7) is 0.548. The van der Waals surface area contributed by atoms with E-state index >= 15 is 0 Å². The number of amidine groups is 1. The molecule has 1 rings (SSSR count). The van der Waals surface area contributed by atoms with Crippen molar-refractivity contribution in [3.8, 4) is 0 Å². The van der Waals surface area contributed by atoms with E-state index in [1.54, 1.807) is 24.3 Å². The molecule has 1 aromatic rings. The molecule has 0 saturated carbocycles. The molecule has 0 heterocycles. The summed E-state index contributed by atoms with van der Waals surface area (Å²) in [5.74, 6) is -0.391. The predicted octanol–water partition coefficient (Wildman–Crippen LogP) is 2.00. The quantitative estimate of drug-likeness (QED) is 0.398. The Bertz CT molecular complexity index is 549. The van der Waals surface area contributed by atoms with Gasteiger partial charge in [0.2, 0.25) is 0 Å². The maximum atomic E-state index is 10.2. The third kappa shape index (κ3) is 5.45. The van der Waals surface area contributed by atoms with Gasteiger partial charge in [0.25, 0.3) is 5.96 Å². The largest absolute Gasteiger partial charge is 0.363 e. The number of benzene rings is 1. The van der Waals surface area contributed by atoms with Crippen LogP contribution in [0.1, 0.15) is 5.56 Å². The number of thioether (sulfide) groups is 1. The van der Waals surface area contributed by atoms with Gasteiger partial charge in [0.05, 0.1) is 0 Å². The van der Waals surface area contributed by atoms with E-state index in [0.717, 1.165) is 5.56 Å². The van der Waals surface area contributed by atoms with Gasteiger partial charge in [-0.25, -0.2) is 10.1 Å². The summed E-state index contributed by atoms with van der Waals surface area (Å²) in [5, 5.41) is 13.4. The van der Waals surface area contributed by atoms with E-state index in [1.165, 1.54) is 11.8 Å². The van der Waals surface area contributed by atoms with Gasteiger partial charge in [0, 0.05) is 18.6 Å². The molecule has 0 unspecified atom stereocenters. The Morgan fingerprint density at radius 3 is 2.85 bits per heavy atom. The molecule has 0 spiro atoms. The number of hydrogen-bond donors (Lipinski definition) is 1. The highest BCUT2D eigenvalue weighted by Gasteiger charge is 2.08. The fourth-order valence-corrected chi connectivity index (χ4v) is 2.24. The van der Waals surface area contributed by atoms with Crippen molar-refractivity contribution in [1.82, 2.24) is 4.90 Å². The molecule has 0 aliphatic heterocycles. The molecule has 2 N–H and O–H groups in total. The fourth-order valence-electron chi connectivity index (χ4n) is 1.47. The third-order valence-corrected chi connectivity index (χ3v) is 3.22. The van der Waals surface area contributed by atoms with Crippen LogP contribution in [0.2, 0.25) is 5.02 Å². The second-order valence-corrected chi connectivity index (χ2v) is 4.99. The predicted molar refractivity (Wildman–Crippen MR) is 82.5 cm³/mol. The molecule has 0 radical (unpaired) electrons. The van der Waals surface area contributed by atoms with E-state index in [4.69, 9.17) is 17.3 Å². The molecule has 0 bridgehead atoms. The number of halogens is 1. The van der Waals surface area contributed by atoms with Crippen LogP contribution < -0.4 is 5.73 Å². The number of nitrogens with two attached hydrogens (primary N) is 1. The van der Waals surface area contributed by atoms with Crippen LogP contribution in [0.15, 0.2) is 34.4 Å². The molecule has 108 valence electrons. The third-order valence-electron chi connectivity index (χ3n) is 2.21. The minimum absolute atomic E-state index is 0.391. The minimum atomic E-state index is -0.881. The first-order chi connectivity index (χ1) is 9.42. The highest BCUT2D eigenvalue weighted by atomic mass is 35.5. The summed E-state index contributed by atoms with van der Waals surface area (Å²) in [5.41, 5.74) is 6.36. The fraction of sp³-hybridized carbons (Fsp3) is 0.273. The monoisotopic (exact) mass is 315 g/mol. The molecule has 9 heteroatoms. The lowest BCUT2D eigenvalue weighted by Crippen LogP contribution is -2.26. The first-order valence-electron chi connectivity index (χ1n) is 5.49. The van der Waals surface area contributed by atoms with Crippen molar-refractivity contribution in [3.05, 3.63) is 45.0 Å². The zero-order chi connectivity index (χ0) is 15.1. The molecule has 0 amide bonds. The first kappa shape index (κ1) is 16.3. The lowest BCUT2D eigenvalue weighted by atomic mass is 10.2. The Morgan fingerprint density at radius 2 is 2.30 bits per heavy atom. The maximum absolute atomic E-state index is 10.2. The van der Waals surface area contributed by atoms with Crippen LogP contribution in [0.4, 0.5) is 0 Å². The number of aliphatic imine (C=N–C) groups is 1. The number of nitrogens with zero attached hydrogens (tertiary/aromatic N) is 4. The Morgan fingerprint density at radius 1 is 1.60 bits per heavy atom. The highest BCUT2D eigenvalue weighted by Crippen LogP contribution is 2.14. The lowest BCUT2D eigenvalue weighted by Gasteiger charge is -2.19. The number of hydrogen-bond acceptors (Lipinski definition) is 3. The second-order valence-electron chi connectivity index (χ2n) is 3.78. The zero-order valence-corrected chi connectivity index (χ0v) is 12.6. The normalized spacial score (nSPS) is 12.3. The van der Waals surface area contributed by atoms with E-state index < -0.39 is 11.0 Å². The Hall–Kier alpha value is -1.80. The topological polar surface area (TPSA) is 97.1 Å². The molecule has 0 saturated heterocycles. The van der Waals surface area contributed by atoms with Crippen molar-refractivity contribution >= 4 is 34.5 Å². The molecule has 7 nitrogen and oxygen atoms in total. The van der Waals surface area contributed by atoms with Gasteiger partial charge in [-0.2, -0.15) is 4.99 Å². The summed E-state index contributed by atoms with van der Waals surface area (Å²) in [6.07, 6.45) is 1.80. The number of hydrazone groups is 1.